The number of halogens is 2. The van der Waals surface area contributed by atoms with Crippen LogP contribution >= 0.6 is 0 Å². The van der Waals surface area contributed by atoms with Gasteiger partial charge in [-0.05, 0) is 31.6 Å². The van der Waals surface area contributed by atoms with Crippen molar-refractivity contribution in [2.24, 2.45) is 11.8 Å². The van der Waals surface area contributed by atoms with E-state index in [2.05, 4.69) is 0 Å². The van der Waals surface area contributed by atoms with Crippen molar-refractivity contribution >= 4 is 0 Å². The van der Waals surface area contributed by atoms with Crippen molar-refractivity contribution in [2.75, 3.05) is 13.2 Å². The monoisotopic (exact) mass is 234 g/mol. The van der Waals surface area contributed by atoms with Gasteiger partial charge in [-0.1, -0.05) is 0 Å². The second-order valence-corrected chi connectivity index (χ2v) is 5.16. The first-order valence-electron chi connectivity index (χ1n) is 6.22. The molecule has 2 nitrogen and oxygen atoms in total. The number of alkyl halides is 2. The van der Waals surface area contributed by atoms with Crippen LogP contribution in [-0.4, -0.2) is 30.3 Å². The molecule has 16 heavy (non-hydrogen) atoms. The van der Waals surface area contributed by atoms with E-state index in [-0.39, 0.29) is 24.7 Å². The summed E-state index contributed by atoms with van der Waals surface area (Å²) >= 11 is 0. The van der Waals surface area contributed by atoms with Gasteiger partial charge in [-0.3, -0.25) is 0 Å². The molecule has 1 saturated carbocycles. The molecule has 2 unspecified atom stereocenters. The lowest BCUT2D eigenvalue weighted by Gasteiger charge is -2.36. The van der Waals surface area contributed by atoms with E-state index in [0.717, 1.165) is 19.4 Å². The molecule has 0 bridgehead atoms. The third-order valence-corrected chi connectivity index (χ3v) is 3.92. The molecule has 2 rings (SSSR count). The molecule has 2 fully saturated rings. The van der Waals surface area contributed by atoms with E-state index in [0.29, 0.717) is 19.4 Å². The third kappa shape index (κ3) is 2.92. The van der Waals surface area contributed by atoms with Crippen LogP contribution in [-0.2, 0) is 4.74 Å². The van der Waals surface area contributed by atoms with Crippen molar-refractivity contribution < 1.29 is 18.6 Å². The van der Waals surface area contributed by atoms with Crippen molar-refractivity contribution in [1.82, 2.24) is 0 Å². The predicted molar refractivity (Wildman–Crippen MR) is 56.5 cm³/mol. The fourth-order valence-electron chi connectivity index (χ4n) is 2.82. The van der Waals surface area contributed by atoms with Crippen LogP contribution in [0.1, 0.15) is 38.5 Å². The molecule has 0 radical (unpaired) electrons. The summed E-state index contributed by atoms with van der Waals surface area (Å²) in [4.78, 5) is 0. The first-order chi connectivity index (χ1) is 7.58. The molecule has 1 aliphatic heterocycles. The standard InChI is InChI=1S/C12H20F2O2/c13-12(14)5-3-9(4-6-12)11(15)10-2-1-7-16-8-10/h9-11,15H,1-8H2. The largest absolute Gasteiger partial charge is 0.392 e. The number of ether oxygens (including phenoxy) is 1. The molecule has 1 N–H and O–H groups in total. The van der Waals surface area contributed by atoms with Crippen LogP contribution in [0.4, 0.5) is 8.78 Å². The highest BCUT2D eigenvalue weighted by Gasteiger charge is 2.39. The van der Waals surface area contributed by atoms with Gasteiger partial charge < -0.3 is 9.84 Å². The molecule has 1 aliphatic carbocycles. The summed E-state index contributed by atoms with van der Waals surface area (Å²) in [7, 11) is 0. The molecular weight excluding hydrogens is 214 g/mol. The summed E-state index contributed by atoms with van der Waals surface area (Å²) in [6.45, 7) is 1.36. The Bertz CT molecular complexity index is 217. The summed E-state index contributed by atoms with van der Waals surface area (Å²) in [6, 6.07) is 0. The first kappa shape index (κ1) is 12.2. The lowest BCUT2D eigenvalue weighted by atomic mass is 9.78. The van der Waals surface area contributed by atoms with E-state index in [1.807, 2.05) is 0 Å². The third-order valence-electron chi connectivity index (χ3n) is 3.92. The van der Waals surface area contributed by atoms with Crippen LogP contribution in [0.2, 0.25) is 0 Å². The Morgan fingerprint density at radius 2 is 1.81 bits per heavy atom. The lowest BCUT2D eigenvalue weighted by molar-refractivity contribution is -0.0848. The smallest absolute Gasteiger partial charge is 0.248 e. The first-order valence-corrected chi connectivity index (χ1v) is 6.22. The molecule has 0 aromatic heterocycles. The average Bonchev–Trinajstić information content (AvgIpc) is 2.29. The zero-order valence-corrected chi connectivity index (χ0v) is 9.50. The normalized spacial score (nSPS) is 33.6. The molecule has 2 atom stereocenters. The highest BCUT2D eigenvalue weighted by Crippen LogP contribution is 2.39. The van der Waals surface area contributed by atoms with Crippen molar-refractivity contribution in [3.63, 3.8) is 0 Å². The fraction of sp³-hybridized carbons (Fsp3) is 1.00. The van der Waals surface area contributed by atoms with Gasteiger partial charge in [0.15, 0.2) is 0 Å². The summed E-state index contributed by atoms with van der Waals surface area (Å²) < 4.78 is 31.3. The van der Waals surface area contributed by atoms with Gasteiger partial charge in [0, 0.05) is 25.4 Å². The van der Waals surface area contributed by atoms with Crippen LogP contribution in [0.5, 0.6) is 0 Å². The summed E-state index contributed by atoms with van der Waals surface area (Å²) in [6.07, 6.45) is 2.26. The van der Waals surface area contributed by atoms with Crippen LogP contribution in [0.25, 0.3) is 0 Å². The SMILES string of the molecule is OC(C1CCC(F)(F)CC1)C1CCCOC1. The maximum absolute atomic E-state index is 13.0. The average molecular weight is 234 g/mol. The van der Waals surface area contributed by atoms with Gasteiger partial charge in [-0.2, -0.15) is 0 Å². The van der Waals surface area contributed by atoms with Gasteiger partial charge >= 0.3 is 0 Å². The van der Waals surface area contributed by atoms with Gasteiger partial charge in [0.05, 0.1) is 12.7 Å². The molecule has 2 aliphatic rings. The summed E-state index contributed by atoms with van der Waals surface area (Å²) in [5.74, 6) is -2.30. The molecule has 0 aromatic carbocycles. The highest BCUT2D eigenvalue weighted by atomic mass is 19.3. The van der Waals surface area contributed by atoms with Crippen molar-refractivity contribution in [3.05, 3.63) is 0 Å². The van der Waals surface area contributed by atoms with Gasteiger partial charge in [-0.15, -0.1) is 0 Å². The molecule has 0 aromatic rings. The van der Waals surface area contributed by atoms with E-state index in [1.54, 1.807) is 0 Å². The minimum Gasteiger partial charge on any atom is -0.392 e. The van der Waals surface area contributed by atoms with E-state index < -0.39 is 12.0 Å². The lowest BCUT2D eigenvalue weighted by Crippen LogP contribution is -2.38. The Morgan fingerprint density at radius 1 is 1.12 bits per heavy atom. The zero-order valence-electron chi connectivity index (χ0n) is 9.50. The van der Waals surface area contributed by atoms with Crippen molar-refractivity contribution in [3.8, 4) is 0 Å². The van der Waals surface area contributed by atoms with E-state index in [9.17, 15) is 13.9 Å². The molecule has 94 valence electrons. The molecule has 0 spiro atoms. The second-order valence-electron chi connectivity index (χ2n) is 5.16. The second kappa shape index (κ2) is 4.96. The Kier molecular flexibility index (Phi) is 3.80. The zero-order chi connectivity index (χ0) is 11.6. The Labute approximate surface area is 95.0 Å². The van der Waals surface area contributed by atoms with Gasteiger partial charge in [-0.25, -0.2) is 8.78 Å². The van der Waals surface area contributed by atoms with Crippen LogP contribution in [0, 0.1) is 11.8 Å². The number of hydrogen-bond donors (Lipinski definition) is 1. The van der Waals surface area contributed by atoms with Crippen LogP contribution < -0.4 is 0 Å². The Balaban J connectivity index is 1.83. The van der Waals surface area contributed by atoms with Crippen LogP contribution in [0.15, 0.2) is 0 Å². The fourth-order valence-corrected chi connectivity index (χ4v) is 2.82. The predicted octanol–water partition coefficient (Wildman–Crippen LogP) is 2.60. The van der Waals surface area contributed by atoms with E-state index in [4.69, 9.17) is 4.74 Å². The maximum atomic E-state index is 13.0. The number of hydrogen-bond acceptors (Lipinski definition) is 2. The van der Waals surface area contributed by atoms with Crippen molar-refractivity contribution in [1.29, 1.82) is 0 Å². The molecular formula is C12H20F2O2. The quantitative estimate of drug-likeness (QED) is 0.795. The van der Waals surface area contributed by atoms with Gasteiger partial charge in [0.25, 0.3) is 0 Å². The van der Waals surface area contributed by atoms with Crippen LogP contribution in [0.3, 0.4) is 0 Å². The minimum atomic E-state index is -2.50. The molecule has 1 heterocycles. The van der Waals surface area contributed by atoms with Gasteiger partial charge in [0.2, 0.25) is 5.92 Å². The summed E-state index contributed by atoms with van der Waals surface area (Å²) in [5, 5.41) is 10.1. The van der Waals surface area contributed by atoms with Gasteiger partial charge in [0.1, 0.15) is 0 Å². The molecule has 0 amide bonds. The number of rotatable bonds is 2. The molecule has 1 saturated heterocycles. The highest BCUT2D eigenvalue weighted by molar-refractivity contribution is 4.85. The maximum Gasteiger partial charge on any atom is 0.248 e. The Morgan fingerprint density at radius 3 is 2.38 bits per heavy atom. The Hall–Kier alpha value is -0.220. The summed E-state index contributed by atoms with van der Waals surface area (Å²) in [5.41, 5.74) is 0. The van der Waals surface area contributed by atoms with E-state index in [1.165, 1.54) is 0 Å². The van der Waals surface area contributed by atoms with Crippen molar-refractivity contribution in [2.45, 2.75) is 50.6 Å². The molecule has 4 heteroatoms. The number of aliphatic hydroxyl groups is 1. The topological polar surface area (TPSA) is 29.5 Å². The number of aliphatic hydroxyl groups excluding tert-OH is 1. The van der Waals surface area contributed by atoms with E-state index >= 15 is 0 Å². The minimum absolute atomic E-state index is 0.0475.